The van der Waals surface area contributed by atoms with E-state index in [1.54, 1.807) is 0 Å². The van der Waals surface area contributed by atoms with Crippen molar-refractivity contribution in [2.75, 3.05) is 0 Å². The second-order valence-corrected chi connectivity index (χ2v) is 10.0. The second kappa shape index (κ2) is 12.5. The number of carbonyl (C=O) groups is 1. The molecule has 2 atom stereocenters. The van der Waals surface area contributed by atoms with Crippen molar-refractivity contribution in [3.05, 3.63) is 74.6 Å². The summed E-state index contributed by atoms with van der Waals surface area (Å²) in [6.45, 7) is 0.618. The standard InChI is InChI=1S/C25H20Cl2F6N6O5/c1-12(43-13(2)40)21-34-20(35-39(21)17-8-7-16(27)9-18(17)44-25(31,32)33)11-38-23(42)37(10-19(41)24(28,29)30)22(36-38)14-3-5-15(26)6-4-14/h3-9,12,19,41H,10-11H2,1-2H3/t12-,19-/m0/s1. The number of aliphatic hydroxyl groups excluding tert-OH is 1. The lowest BCUT2D eigenvalue weighted by atomic mass is 10.2. The normalized spacial score (nSPS) is 13.5. The number of nitrogens with zero attached hydrogens (tertiary/aromatic N) is 6. The number of hydrogen-bond donors (Lipinski definition) is 1. The van der Waals surface area contributed by atoms with Crippen LogP contribution in [0.4, 0.5) is 26.3 Å². The van der Waals surface area contributed by atoms with Crippen LogP contribution in [0.2, 0.25) is 10.0 Å². The number of benzene rings is 2. The van der Waals surface area contributed by atoms with Gasteiger partial charge >= 0.3 is 24.2 Å². The van der Waals surface area contributed by atoms with Gasteiger partial charge in [-0.25, -0.2) is 19.1 Å². The lowest BCUT2D eigenvalue weighted by Crippen LogP contribution is -2.37. The van der Waals surface area contributed by atoms with Gasteiger partial charge in [0.1, 0.15) is 12.2 Å². The Morgan fingerprint density at radius 3 is 2.25 bits per heavy atom. The molecule has 0 aliphatic heterocycles. The first-order chi connectivity index (χ1) is 20.4. The highest BCUT2D eigenvalue weighted by Gasteiger charge is 2.39. The van der Waals surface area contributed by atoms with E-state index in [0.717, 1.165) is 23.7 Å². The Hall–Kier alpha value is -4.09. The molecular weight excluding hydrogens is 649 g/mol. The van der Waals surface area contributed by atoms with E-state index in [0.29, 0.717) is 9.25 Å². The molecule has 2 aromatic carbocycles. The van der Waals surface area contributed by atoms with E-state index in [2.05, 4.69) is 19.9 Å². The molecule has 0 saturated carbocycles. The zero-order valence-corrected chi connectivity index (χ0v) is 23.9. The highest BCUT2D eigenvalue weighted by molar-refractivity contribution is 6.31. The van der Waals surface area contributed by atoms with Gasteiger partial charge in [-0.3, -0.25) is 9.36 Å². The van der Waals surface area contributed by atoms with Crippen LogP contribution in [0.5, 0.6) is 5.75 Å². The fourth-order valence-corrected chi connectivity index (χ4v) is 4.27. The molecule has 0 saturated heterocycles. The largest absolute Gasteiger partial charge is 0.573 e. The number of aliphatic hydroxyl groups is 1. The van der Waals surface area contributed by atoms with Crippen molar-refractivity contribution in [2.45, 2.75) is 51.7 Å². The van der Waals surface area contributed by atoms with Gasteiger partial charge in [0.25, 0.3) is 0 Å². The first-order valence-corrected chi connectivity index (χ1v) is 13.1. The van der Waals surface area contributed by atoms with Crippen molar-refractivity contribution in [1.29, 1.82) is 0 Å². The molecule has 0 unspecified atom stereocenters. The summed E-state index contributed by atoms with van der Waals surface area (Å²) in [6.07, 6.45) is -14.3. The van der Waals surface area contributed by atoms with Crippen LogP contribution in [0.3, 0.4) is 0 Å². The first-order valence-electron chi connectivity index (χ1n) is 12.3. The number of ether oxygens (including phenoxy) is 2. The molecule has 2 heterocycles. The minimum Gasteiger partial charge on any atom is -0.455 e. The van der Waals surface area contributed by atoms with Crippen molar-refractivity contribution >= 4 is 29.2 Å². The summed E-state index contributed by atoms with van der Waals surface area (Å²) >= 11 is 11.8. The predicted octanol–water partition coefficient (Wildman–Crippen LogP) is 5.09. The third-order valence-electron chi connectivity index (χ3n) is 5.81. The number of aromatic nitrogens is 6. The smallest absolute Gasteiger partial charge is 0.455 e. The maximum absolute atomic E-state index is 13.3. The molecule has 0 bridgehead atoms. The molecular formula is C25H20Cl2F6N6O5. The van der Waals surface area contributed by atoms with Crippen molar-refractivity contribution in [2.24, 2.45) is 0 Å². The molecule has 1 N–H and O–H groups in total. The molecule has 0 radical (unpaired) electrons. The maximum Gasteiger partial charge on any atom is 0.573 e. The molecule has 4 rings (SSSR count). The van der Waals surface area contributed by atoms with Crippen molar-refractivity contribution < 1.29 is 45.7 Å². The molecule has 4 aromatic rings. The second-order valence-electron chi connectivity index (χ2n) is 9.15. The first kappa shape index (κ1) is 32.8. The van der Waals surface area contributed by atoms with Crippen LogP contribution in [0.25, 0.3) is 17.1 Å². The Kier molecular flexibility index (Phi) is 9.32. The number of carbonyl (C=O) groups excluding carboxylic acids is 1. The van der Waals surface area contributed by atoms with Crippen LogP contribution >= 0.6 is 23.2 Å². The quantitative estimate of drug-likeness (QED) is 0.193. The van der Waals surface area contributed by atoms with Gasteiger partial charge in [0.2, 0.25) is 0 Å². The number of esters is 1. The number of alkyl halides is 6. The van der Waals surface area contributed by atoms with Gasteiger partial charge in [0.15, 0.2) is 35.4 Å². The van der Waals surface area contributed by atoms with Gasteiger partial charge in [0.05, 0.1) is 6.54 Å². The number of rotatable bonds is 9. The summed E-state index contributed by atoms with van der Waals surface area (Å²) in [4.78, 5) is 29.1. The molecule has 44 heavy (non-hydrogen) atoms. The molecule has 11 nitrogen and oxygen atoms in total. The number of hydrogen-bond acceptors (Lipinski definition) is 8. The Balaban J connectivity index is 1.83. The van der Waals surface area contributed by atoms with E-state index in [9.17, 15) is 41.0 Å². The summed E-state index contributed by atoms with van der Waals surface area (Å²) in [5, 5.41) is 18.1. The summed E-state index contributed by atoms with van der Waals surface area (Å²) in [6, 6.07) is 8.82. The van der Waals surface area contributed by atoms with E-state index in [4.69, 9.17) is 27.9 Å². The SMILES string of the molecule is CC(=O)O[C@@H](C)c1nc(Cn2nc(-c3ccc(Cl)cc3)n(C[C@H](O)C(F)(F)F)c2=O)nn1-c1ccc(Cl)cc1OC(F)(F)F. The highest BCUT2D eigenvalue weighted by atomic mass is 35.5. The Bertz CT molecular complexity index is 1720. The van der Waals surface area contributed by atoms with E-state index >= 15 is 0 Å². The molecule has 0 aliphatic rings. The van der Waals surface area contributed by atoms with Gasteiger partial charge in [-0.1, -0.05) is 23.2 Å². The van der Waals surface area contributed by atoms with Crippen molar-refractivity contribution in [3.8, 4) is 22.8 Å². The summed E-state index contributed by atoms with van der Waals surface area (Å²) < 4.78 is 90.5. The van der Waals surface area contributed by atoms with Crippen LogP contribution in [0, 0.1) is 0 Å². The van der Waals surface area contributed by atoms with E-state index in [1.807, 2.05) is 0 Å². The van der Waals surface area contributed by atoms with E-state index in [1.165, 1.54) is 37.3 Å². The third kappa shape index (κ3) is 7.70. The highest BCUT2D eigenvalue weighted by Crippen LogP contribution is 2.33. The molecule has 19 heteroatoms. The summed E-state index contributed by atoms with van der Waals surface area (Å²) in [5.41, 5.74) is -1.25. The predicted molar refractivity (Wildman–Crippen MR) is 141 cm³/mol. The monoisotopic (exact) mass is 668 g/mol. The van der Waals surface area contributed by atoms with E-state index in [-0.39, 0.29) is 38.8 Å². The fourth-order valence-electron chi connectivity index (χ4n) is 3.98. The third-order valence-corrected chi connectivity index (χ3v) is 6.29. The van der Waals surface area contributed by atoms with Gasteiger partial charge in [0, 0.05) is 28.6 Å². The molecule has 2 aromatic heterocycles. The topological polar surface area (TPSA) is 126 Å². The zero-order valence-electron chi connectivity index (χ0n) is 22.4. The molecule has 0 amide bonds. The lowest BCUT2D eigenvalue weighted by molar-refractivity contribution is -0.274. The van der Waals surface area contributed by atoms with Crippen LogP contribution in [-0.2, 0) is 22.6 Å². The van der Waals surface area contributed by atoms with Gasteiger partial charge in [-0.05, 0) is 43.3 Å². The van der Waals surface area contributed by atoms with Gasteiger partial charge < -0.3 is 14.6 Å². The Labute approximate surface area is 253 Å². The minimum atomic E-state index is -5.14. The molecule has 236 valence electrons. The minimum absolute atomic E-state index is 0.115. The Morgan fingerprint density at radius 2 is 1.66 bits per heavy atom. The number of halogens is 8. The fraction of sp³-hybridized carbons (Fsp3) is 0.320. The lowest BCUT2D eigenvalue weighted by Gasteiger charge is -2.16. The summed E-state index contributed by atoms with van der Waals surface area (Å²) in [5.74, 6) is -2.28. The molecule has 0 fully saturated rings. The van der Waals surface area contributed by atoms with Gasteiger partial charge in [-0.15, -0.1) is 23.4 Å². The zero-order chi connectivity index (χ0) is 32.6. The average Bonchev–Trinajstić information content (AvgIpc) is 3.44. The average molecular weight is 669 g/mol. The molecule has 0 aliphatic carbocycles. The van der Waals surface area contributed by atoms with E-state index < -0.39 is 55.2 Å². The van der Waals surface area contributed by atoms with Crippen LogP contribution in [0.15, 0.2) is 47.3 Å². The molecule has 0 spiro atoms. The van der Waals surface area contributed by atoms with Crippen molar-refractivity contribution in [1.82, 2.24) is 29.1 Å². The van der Waals surface area contributed by atoms with Gasteiger partial charge in [-0.2, -0.15) is 13.2 Å². The summed E-state index contributed by atoms with van der Waals surface area (Å²) in [7, 11) is 0. The van der Waals surface area contributed by atoms with Crippen molar-refractivity contribution in [3.63, 3.8) is 0 Å². The Morgan fingerprint density at radius 1 is 1.02 bits per heavy atom. The van der Waals surface area contributed by atoms with Crippen LogP contribution in [-0.4, -0.2) is 58.8 Å². The van der Waals surface area contributed by atoms with Crippen LogP contribution < -0.4 is 10.4 Å². The maximum atomic E-state index is 13.3. The van der Waals surface area contributed by atoms with Crippen LogP contribution in [0.1, 0.15) is 31.6 Å².